The van der Waals surface area contributed by atoms with Crippen LogP contribution in [0, 0.1) is 13.8 Å². The number of aryl methyl sites for hydroxylation is 2. The summed E-state index contributed by atoms with van der Waals surface area (Å²) in [6, 6.07) is 13.3. The largest absolute Gasteiger partial charge is 0.289 e. The lowest BCUT2D eigenvalue weighted by atomic mass is 10.0. The molecule has 0 saturated heterocycles. The quantitative estimate of drug-likeness (QED) is 0.753. The van der Waals surface area contributed by atoms with Crippen LogP contribution < -0.4 is 0 Å². The molecular formula is C15H13BrO. The van der Waals surface area contributed by atoms with Gasteiger partial charge in [-0.05, 0) is 37.6 Å². The zero-order valence-electron chi connectivity index (χ0n) is 9.83. The standard InChI is InChI=1S/C15H13BrO/c1-10-3-5-12(6-4-10)15(17)13-7-8-14(16)11(2)9-13/h3-9H,1-2H3. The van der Waals surface area contributed by atoms with Gasteiger partial charge in [-0.2, -0.15) is 0 Å². The molecule has 0 N–H and O–H groups in total. The molecule has 17 heavy (non-hydrogen) atoms. The highest BCUT2D eigenvalue weighted by molar-refractivity contribution is 9.10. The minimum Gasteiger partial charge on any atom is -0.289 e. The van der Waals surface area contributed by atoms with Crippen LogP contribution in [-0.4, -0.2) is 5.78 Å². The smallest absolute Gasteiger partial charge is 0.193 e. The summed E-state index contributed by atoms with van der Waals surface area (Å²) in [6.07, 6.45) is 0. The lowest BCUT2D eigenvalue weighted by Crippen LogP contribution is -2.01. The van der Waals surface area contributed by atoms with E-state index in [1.807, 2.05) is 56.3 Å². The minimum absolute atomic E-state index is 0.0700. The third kappa shape index (κ3) is 2.64. The van der Waals surface area contributed by atoms with E-state index in [1.165, 1.54) is 0 Å². The lowest BCUT2D eigenvalue weighted by molar-refractivity contribution is 0.103. The van der Waals surface area contributed by atoms with E-state index in [2.05, 4.69) is 15.9 Å². The molecule has 0 heterocycles. The zero-order valence-corrected chi connectivity index (χ0v) is 11.4. The van der Waals surface area contributed by atoms with E-state index in [1.54, 1.807) is 0 Å². The molecule has 2 rings (SSSR count). The van der Waals surface area contributed by atoms with Crippen molar-refractivity contribution in [3.63, 3.8) is 0 Å². The summed E-state index contributed by atoms with van der Waals surface area (Å²) >= 11 is 3.43. The molecule has 0 radical (unpaired) electrons. The number of halogens is 1. The van der Waals surface area contributed by atoms with Crippen LogP contribution in [0.1, 0.15) is 27.0 Å². The molecule has 2 heteroatoms. The van der Waals surface area contributed by atoms with Gasteiger partial charge in [0.05, 0.1) is 0 Å². The van der Waals surface area contributed by atoms with Gasteiger partial charge in [0.2, 0.25) is 0 Å². The first kappa shape index (κ1) is 12.1. The highest BCUT2D eigenvalue weighted by atomic mass is 79.9. The Hall–Kier alpha value is -1.41. The van der Waals surface area contributed by atoms with Crippen molar-refractivity contribution < 1.29 is 4.79 Å². The number of hydrogen-bond acceptors (Lipinski definition) is 1. The molecule has 0 bridgehead atoms. The first-order chi connectivity index (χ1) is 8.08. The van der Waals surface area contributed by atoms with Crippen LogP contribution in [0.2, 0.25) is 0 Å². The monoisotopic (exact) mass is 288 g/mol. The number of carbonyl (C=O) groups excluding carboxylic acids is 1. The highest BCUT2D eigenvalue weighted by Crippen LogP contribution is 2.19. The van der Waals surface area contributed by atoms with Crippen molar-refractivity contribution >= 4 is 21.7 Å². The summed E-state index contributed by atoms with van der Waals surface area (Å²) in [5.74, 6) is 0.0700. The van der Waals surface area contributed by atoms with Crippen molar-refractivity contribution in [1.82, 2.24) is 0 Å². The lowest BCUT2D eigenvalue weighted by Gasteiger charge is -2.04. The van der Waals surface area contributed by atoms with E-state index in [-0.39, 0.29) is 5.78 Å². The van der Waals surface area contributed by atoms with Gasteiger partial charge in [0.25, 0.3) is 0 Å². The second-order valence-electron chi connectivity index (χ2n) is 4.16. The summed E-state index contributed by atoms with van der Waals surface area (Å²) in [7, 11) is 0. The Kier molecular flexibility index (Phi) is 3.43. The SMILES string of the molecule is Cc1ccc(C(=O)c2ccc(Br)c(C)c2)cc1. The van der Waals surface area contributed by atoms with Gasteiger partial charge in [-0.1, -0.05) is 45.8 Å². The maximum atomic E-state index is 12.2. The number of rotatable bonds is 2. The van der Waals surface area contributed by atoms with Crippen molar-refractivity contribution in [3.05, 3.63) is 69.2 Å². The van der Waals surface area contributed by atoms with Gasteiger partial charge in [0, 0.05) is 15.6 Å². The maximum Gasteiger partial charge on any atom is 0.193 e. The van der Waals surface area contributed by atoms with Crippen LogP contribution >= 0.6 is 15.9 Å². The zero-order chi connectivity index (χ0) is 12.4. The van der Waals surface area contributed by atoms with E-state index in [4.69, 9.17) is 0 Å². The molecule has 0 aromatic heterocycles. The minimum atomic E-state index is 0.0700. The predicted molar refractivity (Wildman–Crippen MR) is 73.5 cm³/mol. The van der Waals surface area contributed by atoms with Gasteiger partial charge in [-0.3, -0.25) is 4.79 Å². The first-order valence-electron chi connectivity index (χ1n) is 5.45. The Bertz CT molecular complexity index is 556. The topological polar surface area (TPSA) is 17.1 Å². The molecule has 0 spiro atoms. The van der Waals surface area contributed by atoms with Crippen LogP contribution in [0.15, 0.2) is 46.9 Å². The Morgan fingerprint density at radius 3 is 2.12 bits per heavy atom. The number of benzene rings is 2. The second-order valence-corrected chi connectivity index (χ2v) is 5.01. The Morgan fingerprint density at radius 1 is 0.941 bits per heavy atom. The van der Waals surface area contributed by atoms with Crippen molar-refractivity contribution in [1.29, 1.82) is 0 Å². The molecule has 0 aliphatic carbocycles. The molecule has 0 unspecified atom stereocenters. The van der Waals surface area contributed by atoms with Gasteiger partial charge < -0.3 is 0 Å². The molecule has 0 aliphatic heterocycles. The van der Waals surface area contributed by atoms with Crippen LogP contribution in [-0.2, 0) is 0 Å². The second kappa shape index (κ2) is 4.84. The van der Waals surface area contributed by atoms with Gasteiger partial charge in [0.1, 0.15) is 0 Å². The Balaban J connectivity index is 2.37. The third-order valence-corrected chi connectivity index (χ3v) is 3.62. The third-order valence-electron chi connectivity index (χ3n) is 2.73. The fourth-order valence-corrected chi connectivity index (χ4v) is 1.90. The van der Waals surface area contributed by atoms with Gasteiger partial charge in [-0.15, -0.1) is 0 Å². The van der Waals surface area contributed by atoms with Crippen molar-refractivity contribution in [2.24, 2.45) is 0 Å². The highest BCUT2D eigenvalue weighted by Gasteiger charge is 2.09. The Labute approximate surface area is 110 Å². The Morgan fingerprint density at radius 2 is 1.53 bits per heavy atom. The summed E-state index contributed by atoms with van der Waals surface area (Å²) in [6.45, 7) is 3.99. The molecule has 0 saturated carbocycles. The molecule has 0 aliphatic rings. The molecule has 2 aromatic carbocycles. The van der Waals surface area contributed by atoms with Crippen LogP contribution in [0.25, 0.3) is 0 Å². The van der Waals surface area contributed by atoms with Gasteiger partial charge in [-0.25, -0.2) is 0 Å². The average Bonchev–Trinajstić information content (AvgIpc) is 2.33. The van der Waals surface area contributed by atoms with E-state index in [0.29, 0.717) is 0 Å². The van der Waals surface area contributed by atoms with Crippen LogP contribution in [0.4, 0.5) is 0 Å². The molecular weight excluding hydrogens is 276 g/mol. The summed E-state index contributed by atoms with van der Waals surface area (Å²) in [5.41, 5.74) is 3.70. The molecule has 2 aromatic rings. The molecule has 0 atom stereocenters. The maximum absolute atomic E-state index is 12.2. The van der Waals surface area contributed by atoms with E-state index < -0.39 is 0 Å². The van der Waals surface area contributed by atoms with Crippen molar-refractivity contribution in [3.8, 4) is 0 Å². The summed E-state index contributed by atoms with van der Waals surface area (Å²) < 4.78 is 1.03. The molecule has 1 nitrogen and oxygen atoms in total. The molecule has 86 valence electrons. The van der Waals surface area contributed by atoms with Crippen LogP contribution in [0.5, 0.6) is 0 Å². The predicted octanol–water partition coefficient (Wildman–Crippen LogP) is 4.30. The first-order valence-corrected chi connectivity index (χ1v) is 6.25. The van der Waals surface area contributed by atoms with Gasteiger partial charge in [0.15, 0.2) is 5.78 Å². The van der Waals surface area contributed by atoms with Gasteiger partial charge >= 0.3 is 0 Å². The fraction of sp³-hybridized carbons (Fsp3) is 0.133. The van der Waals surface area contributed by atoms with E-state index >= 15 is 0 Å². The van der Waals surface area contributed by atoms with E-state index in [9.17, 15) is 4.79 Å². The summed E-state index contributed by atoms with van der Waals surface area (Å²) in [5, 5.41) is 0. The van der Waals surface area contributed by atoms with Crippen molar-refractivity contribution in [2.45, 2.75) is 13.8 Å². The summed E-state index contributed by atoms with van der Waals surface area (Å²) in [4.78, 5) is 12.2. The fourth-order valence-electron chi connectivity index (χ4n) is 1.66. The normalized spacial score (nSPS) is 10.3. The number of carbonyl (C=O) groups is 1. The van der Waals surface area contributed by atoms with E-state index in [0.717, 1.165) is 26.7 Å². The number of ketones is 1. The van der Waals surface area contributed by atoms with Crippen molar-refractivity contribution in [2.75, 3.05) is 0 Å². The number of hydrogen-bond donors (Lipinski definition) is 0. The average molecular weight is 289 g/mol. The van der Waals surface area contributed by atoms with Crippen LogP contribution in [0.3, 0.4) is 0 Å². The molecule has 0 amide bonds. The molecule has 0 fully saturated rings.